The zero-order valence-electron chi connectivity index (χ0n) is 14.4. The zero-order valence-corrected chi connectivity index (χ0v) is 14.4. The first kappa shape index (κ1) is 15.9. The summed E-state index contributed by atoms with van der Waals surface area (Å²) in [6.45, 7) is 2.85. The number of hydrogen-bond acceptors (Lipinski definition) is 4. The molecule has 0 radical (unpaired) electrons. The van der Waals surface area contributed by atoms with Gasteiger partial charge in [0.1, 0.15) is 0 Å². The highest BCUT2D eigenvalue weighted by molar-refractivity contribution is 5.77. The Kier molecular flexibility index (Phi) is 4.67. The van der Waals surface area contributed by atoms with Gasteiger partial charge in [-0.3, -0.25) is 4.79 Å². The minimum absolute atomic E-state index is 0.360. The minimum Gasteiger partial charge on any atom is -0.339 e. The molecule has 5 nitrogen and oxygen atoms in total. The van der Waals surface area contributed by atoms with Crippen molar-refractivity contribution < 1.29 is 4.79 Å². The van der Waals surface area contributed by atoms with Gasteiger partial charge < -0.3 is 9.80 Å². The fourth-order valence-corrected chi connectivity index (χ4v) is 4.84. The van der Waals surface area contributed by atoms with E-state index in [4.69, 9.17) is 0 Å². The van der Waals surface area contributed by atoms with Crippen molar-refractivity contribution in [2.24, 2.45) is 11.8 Å². The van der Waals surface area contributed by atoms with Crippen molar-refractivity contribution in [1.29, 1.82) is 0 Å². The first-order valence-corrected chi connectivity index (χ1v) is 9.62. The number of nitrogens with zero attached hydrogens (tertiary/aromatic N) is 4. The molecule has 1 aliphatic carbocycles. The standard InChI is InChI=1S/C19H28N4O/c24-18(13-15-5-2-1-3-6-15)23-12-8-16-7-11-22(14-17(16)23)19-20-9-4-10-21-19/h4,9-10,15-17H,1-3,5-8,11-14H2. The third-order valence-corrected chi connectivity index (χ3v) is 6.21. The molecule has 1 saturated carbocycles. The van der Waals surface area contributed by atoms with Gasteiger partial charge in [0.15, 0.2) is 0 Å². The summed E-state index contributed by atoms with van der Waals surface area (Å²) in [7, 11) is 0. The SMILES string of the molecule is O=C(CC1CCCCC1)N1CCC2CCN(c3ncccn3)CC21. The maximum atomic E-state index is 12.9. The Morgan fingerprint density at radius 2 is 1.79 bits per heavy atom. The zero-order chi connectivity index (χ0) is 16.4. The summed E-state index contributed by atoms with van der Waals surface area (Å²) in [6, 6.07) is 2.21. The van der Waals surface area contributed by atoms with Gasteiger partial charge in [0, 0.05) is 38.4 Å². The predicted molar refractivity (Wildman–Crippen MR) is 93.7 cm³/mol. The number of fused-ring (bicyclic) bond motifs is 1. The van der Waals surface area contributed by atoms with Crippen LogP contribution in [-0.4, -0.2) is 46.5 Å². The highest BCUT2D eigenvalue weighted by atomic mass is 16.2. The van der Waals surface area contributed by atoms with Crippen molar-refractivity contribution in [1.82, 2.24) is 14.9 Å². The molecule has 130 valence electrons. The van der Waals surface area contributed by atoms with E-state index in [1.807, 2.05) is 6.07 Å². The Morgan fingerprint density at radius 1 is 1.04 bits per heavy atom. The molecule has 0 bridgehead atoms. The molecule has 0 spiro atoms. The minimum atomic E-state index is 0.360. The lowest BCUT2D eigenvalue weighted by molar-refractivity contribution is -0.133. The Morgan fingerprint density at radius 3 is 2.58 bits per heavy atom. The number of anilines is 1. The maximum Gasteiger partial charge on any atom is 0.225 e. The topological polar surface area (TPSA) is 49.3 Å². The van der Waals surface area contributed by atoms with Crippen molar-refractivity contribution in [2.45, 2.75) is 57.4 Å². The van der Waals surface area contributed by atoms with Crippen LogP contribution in [0.3, 0.4) is 0 Å². The Bertz CT molecular complexity index is 558. The number of carbonyl (C=O) groups is 1. The molecule has 0 aromatic carbocycles. The van der Waals surface area contributed by atoms with E-state index in [1.165, 1.54) is 38.5 Å². The highest BCUT2D eigenvalue weighted by Gasteiger charge is 2.41. The molecule has 2 saturated heterocycles. The normalized spacial score (nSPS) is 28.0. The number of rotatable bonds is 3. The molecule has 1 aromatic rings. The second-order valence-electron chi connectivity index (χ2n) is 7.69. The van der Waals surface area contributed by atoms with E-state index in [9.17, 15) is 4.79 Å². The van der Waals surface area contributed by atoms with Crippen LogP contribution in [0.25, 0.3) is 0 Å². The van der Waals surface area contributed by atoms with Crippen LogP contribution in [0.4, 0.5) is 5.95 Å². The van der Waals surface area contributed by atoms with Gasteiger partial charge in [0.05, 0.1) is 6.04 Å². The van der Waals surface area contributed by atoms with E-state index in [0.717, 1.165) is 38.4 Å². The molecule has 3 fully saturated rings. The van der Waals surface area contributed by atoms with Crippen molar-refractivity contribution in [3.05, 3.63) is 18.5 Å². The maximum absolute atomic E-state index is 12.9. The van der Waals surface area contributed by atoms with Crippen molar-refractivity contribution in [2.75, 3.05) is 24.5 Å². The van der Waals surface area contributed by atoms with Crippen molar-refractivity contribution in [3.63, 3.8) is 0 Å². The number of hydrogen-bond donors (Lipinski definition) is 0. The fraction of sp³-hybridized carbons (Fsp3) is 0.737. The summed E-state index contributed by atoms with van der Waals surface area (Å²) >= 11 is 0. The largest absolute Gasteiger partial charge is 0.339 e. The van der Waals surface area contributed by atoms with E-state index >= 15 is 0 Å². The Labute approximate surface area is 144 Å². The monoisotopic (exact) mass is 328 g/mol. The third kappa shape index (κ3) is 3.26. The van der Waals surface area contributed by atoms with Crippen LogP contribution in [0.2, 0.25) is 0 Å². The number of piperidine rings is 1. The summed E-state index contributed by atoms with van der Waals surface area (Å²) in [5.41, 5.74) is 0. The lowest BCUT2D eigenvalue weighted by atomic mass is 9.86. The lowest BCUT2D eigenvalue weighted by Crippen LogP contribution is -2.50. The lowest BCUT2D eigenvalue weighted by Gasteiger charge is -2.38. The van der Waals surface area contributed by atoms with Gasteiger partial charge in [0.2, 0.25) is 11.9 Å². The predicted octanol–water partition coefficient (Wildman–Crippen LogP) is 2.87. The van der Waals surface area contributed by atoms with E-state index in [2.05, 4.69) is 19.8 Å². The number of carbonyl (C=O) groups excluding carboxylic acids is 1. The van der Waals surface area contributed by atoms with Gasteiger partial charge in [-0.1, -0.05) is 19.3 Å². The van der Waals surface area contributed by atoms with Crippen LogP contribution >= 0.6 is 0 Å². The number of amides is 1. The van der Waals surface area contributed by atoms with Crippen LogP contribution in [0.1, 0.15) is 51.4 Å². The quantitative estimate of drug-likeness (QED) is 0.856. The molecule has 0 N–H and O–H groups in total. The van der Waals surface area contributed by atoms with Crippen LogP contribution < -0.4 is 4.90 Å². The smallest absolute Gasteiger partial charge is 0.225 e. The Balaban J connectivity index is 1.40. The van der Waals surface area contributed by atoms with Gasteiger partial charge in [-0.25, -0.2) is 9.97 Å². The Hall–Kier alpha value is -1.65. The molecule has 2 atom stereocenters. The molecule has 1 amide bonds. The van der Waals surface area contributed by atoms with Gasteiger partial charge in [-0.15, -0.1) is 0 Å². The van der Waals surface area contributed by atoms with Crippen LogP contribution in [0.15, 0.2) is 18.5 Å². The first-order chi connectivity index (χ1) is 11.8. The molecule has 5 heteroatoms. The van der Waals surface area contributed by atoms with Crippen molar-refractivity contribution >= 4 is 11.9 Å². The summed E-state index contributed by atoms with van der Waals surface area (Å²) in [5.74, 6) is 2.50. The van der Waals surface area contributed by atoms with E-state index in [1.54, 1.807) is 12.4 Å². The van der Waals surface area contributed by atoms with Gasteiger partial charge in [-0.05, 0) is 43.6 Å². The second kappa shape index (κ2) is 7.08. The summed E-state index contributed by atoms with van der Waals surface area (Å²) in [5, 5.41) is 0. The van der Waals surface area contributed by atoms with E-state index in [-0.39, 0.29) is 0 Å². The molecular weight excluding hydrogens is 300 g/mol. The van der Waals surface area contributed by atoms with Gasteiger partial charge in [0.25, 0.3) is 0 Å². The summed E-state index contributed by atoms with van der Waals surface area (Å²) in [4.78, 5) is 26.1. The summed E-state index contributed by atoms with van der Waals surface area (Å²) < 4.78 is 0. The molecule has 1 aromatic heterocycles. The van der Waals surface area contributed by atoms with E-state index < -0.39 is 0 Å². The van der Waals surface area contributed by atoms with Gasteiger partial charge >= 0.3 is 0 Å². The molecule has 2 unspecified atom stereocenters. The first-order valence-electron chi connectivity index (χ1n) is 9.62. The van der Waals surface area contributed by atoms with E-state index in [0.29, 0.717) is 23.8 Å². The number of aromatic nitrogens is 2. The highest BCUT2D eigenvalue weighted by Crippen LogP contribution is 2.34. The summed E-state index contributed by atoms with van der Waals surface area (Å²) in [6.07, 6.45) is 13.2. The average molecular weight is 328 g/mol. The van der Waals surface area contributed by atoms with Crippen LogP contribution in [0, 0.1) is 11.8 Å². The van der Waals surface area contributed by atoms with Crippen LogP contribution in [0.5, 0.6) is 0 Å². The molecular formula is C19H28N4O. The van der Waals surface area contributed by atoms with Crippen LogP contribution in [-0.2, 0) is 4.79 Å². The average Bonchev–Trinajstić information content (AvgIpc) is 3.06. The third-order valence-electron chi connectivity index (χ3n) is 6.21. The molecule has 4 rings (SSSR count). The number of likely N-dealkylation sites (tertiary alicyclic amines) is 1. The van der Waals surface area contributed by atoms with Gasteiger partial charge in [-0.2, -0.15) is 0 Å². The molecule has 24 heavy (non-hydrogen) atoms. The molecule has 3 aliphatic rings. The van der Waals surface area contributed by atoms with Crippen molar-refractivity contribution in [3.8, 4) is 0 Å². The second-order valence-corrected chi connectivity index (χ2v) is 7.69. The molecule has 3 heterocycles. The molecule has 2 aliphatic heterocycles. The fourth-order valence-electron chi connectivity index (χ4n) is 4.84.